The first-order valence-corrected chi connectivity index (χ1v) is 10.9. The minimum atomic E-state index is -0.673. The lowest BCUT2D eigenvalue weighted by Gasteiger charge is -2.29. The van der Waals surface area contributed by atoms with Crippen molar-refractivity contribution in [1.82, 2.24) is 20.2 Å². The van der Waals surface area contributed by atoms with E-state index >= 15 is 0 Å². The molecule has 34 heavy (non-hydrogen) atoms. The van der Waals surface area contributed by atoms with Gasteiger partial charge in [-0.2, -0.15) is 0 Å². The zero-order valence-corrected chi connectivity index (χ0v) is 18.2. The second-order valence-corrected chi connectivity index (χ2v) is 8.37. The number of imide groups is 1. The van der Waals surface area contributed by atoms with E-state index in [-0.39, 0.29) is 30.5 Å². The fraction of sp³-hybridized carbons (Fsp3) is 0.200. The Kier molecular flexibility index (Phi) is 5.37. The van der Waals surface area contributed by atoms with E-state index in [0.29, 0.717) is 24.0 Å². The predicted molar refractivity (Wildman–Crippen MR) is 121 cm³/mol. The van der Waals surface area contributed by atoms with Gasteiger partial charge in [-0.05, 0) is 46.9 Å². The topological polar surface area (TPSA) is 135 Å². The van der Waals surface area contributed by atoms with Gasteiger partial charge in [0.05, 0.1) is 0 Å². The Labute approximate surface area is 195 Å². The predicted octanol–water partition coefficient (Wildman–Crippen LogP) is 1.59. The SMILES string of the molecule is NC(=O)c1ncccc1Cc1cncc(-c2cccc3c2CN(C2CCC(=O)NC2=O)C3=O)c1. The summed E-state index contributed by atoms with van der Waals surface area (Å²) < 4.78 is 0. The number of hydrogen-bond acceptors (Lipinski definition) is 6. The van der Waals surface area contributed by atoms with Crippen molar-refractivity contribution in [2.24, 2.45) is 5.73 Å². The standard InChI is InChI=1S/C25H21N5O4/c26-23(32)22-15(3-2-8-28-22)9-14-10-16(12-27-11-14)17-4-1-5-18-19(17)13-30(25(18)34)20-6-7-21(31)29-24(20)33/h1-5,8,10-12,20H,6-7,9,13H2,(H2,26,32)(H,29,31,33). The molecule has 1 unspecified atom stereocenters. The minimum absolute atomic E-state index is 0.205. The molecule has 3 aromatic rings. The second-order valence-electron chi connectivity index (χ2n) is 8.37. The van der Waals surface area contributed by atoms with Gasteiger partial charge in [0.1, 0.15) is 11.7 Å². The van der Waals surface area contributed by atoms with Crippen LogP contribution in [-0.2, 0) is 22.6 Å². The molecule has 0 radical (unpaired) electrons. The highest BCUT2D eigenvalue weighted by Crippen LogP contribution is 2.35. The summed E-state index contributed by atoms with van der Waals surface area (Å²) in [5.74, 6) is -1.57. The number of nitrogens with one attached hydrogen (secondary N) is 1. The fourth-order valence-corrected chi connectivity index (χ4v) is 4.61. The monoisotopic (exact) mass is 455 g/mol. The van der Waals surface area contributed by atoms with Crippen LogP contribution in [0.2, 0.25) is 0 Å². The maximum absolute atomic E-state index is 13.1. The third-order valence-corrected chi connectivity index (χ3v) is 6.21. The Hall–Kier alpha value is -4.40. The van der Waals surface area contributed by atoms with E-state index in [1.165, 1.54) is 11.1 Å². The number of carbonyl (C=O) groups is 4. The molecule has 1 atom stereocenters. The molecule has 4 amide bonds. The van der Waals surface area contributed by atoms with E-state index in [1.807, 2.05) is 12.1 Å². The average molecular weight is 455 g/mol. The molecule has 0 spiro atoms. The van der Waals surface area contributed by atoms with Gasteiger partial charge in [0.15, 0.2) is 0 Å². The first-order valence-electron chi connectivity index (χ1n) is 10.9. The van der Waals surface area contributed by atoms with Crippen molar-refractivity contribution in [2.45, 2.75) is 31.8 Å². The number of amides is 4. The molecule has 9 heteroatoms. The third kappa shape index (κ3) is 3.81. The number of hydrogen-bond donors (Lipinski definition) is 2. The average Bonchev–Trinajstić information content (AvgIpc) is 3.16. The van der Waals surface area contributed by atoms with Crippen molar-refractivity contribution in [3.8, 4) is 11.1 Å². The van der Waals surface area contributed by atoms with Crippen molar-refractivity contribution < 1.29 is 19.2 Å². The molecule has 1 fully saturated rings. The Morgan fingerprint density at radius 3 is 2.74 bits per heavy atom. The van der Waals surface area contributed by atoms with Crippen molar-refractivity contribution >= 4 is 23.6 Å². The van der Waals surface area contributed by atoms with Gasteiger partial charge in [-0.25, -0.2) is 0 Å². The van der Waals surface area contributed by atoms with Gasteiger partial charge in [0, 0.05) is 49.1 Å². The highest BCUT2D eigenvalue weighted by molar-refractivity contribution is 6.06. The fourth-order valence-electron chi connectivity index (χ4n) is 4.61. The van der Waals surface area contributed by atoms with Crippen LogP contribution in [0.15, 0.2) is 55.0 Å². The molecule has 9 nitrogen and oxygen atoms in total. The van der Waals surface area contributed by atoms with Gasteiger partial charge in [-0.15, -0.1) is 0 Å². The van der Waals surface area contributed by atoms with Gasteiger partial charge in [0.2, 0.25) is 11.8 Å². The summed E-state index contributed by atoms with van der Waals surface area (Å²) in [5.41, 5.74) is 10.2. The second kappa shape index (κ2) is 8.51. The van der Waals surface area contributed by atoms with Gasteiger partial charge in [-0.3, -0.25) is 34.5 Å². The molecule has 0 aliphatic carbocycles. The minimum Gasteiger partial charge on any atom is -0.364 e. The van der Waals surface area contributed by atoms with E-state index in [0.717, 1.165) is 22.3 Å². The largest absolute Gasteiger partial charge is 0.364 e. The van der Waals surface area contributed by atoms with E-state index in [9.17, 15) is 19.2 Å². The van der Waals surface area contributed by atoms with Crippen molar-refractivity contribution in [3.63, 3.8) is 0 Å². The van der Waals surface area contributed by atoms with Crippen molar-refractivity contribution in [3.05, 3.63) is 82.9 Å². The quantitative estimate of drug-likeness (QED) is 0.561. The smallest absolute Gasteiger partial charge is 0.267 e. The van der Waals surface area contributed by atoms with Crippen LogP contribution in [0.5, 0.6) is 0 Å². The Bertz CT molecular complexity index is 1350. The van der Waals surface area contributed by atoms with Gasteiger partial charge in [-0.1, -0.05) is 18.2 Å². The zero-order chi connectivity index (χ0) is 23.8. The highest BCUT2D eigenvalue weighted by Gasteiger charge is 2.39. The number of primary amides is 1. The van der Waals surface area contributed by atoms with Crippen LogP contribution in [0, 0.1) is 0 Å². The van der Waals surface area contributed by atoms with Crippen LogP contribution in [-0.4, -0.2) is 44.5 Å². The number of nitrogens with zero attached hydrogens (tertiary/aromatic N) is 3. The molecule has 1 aromatic carbocycles. The maximum atomic E-state index is 13.1. The van der Waals surface area contributed by atoms with Crippen LogP contribution >= 0.6 is 0 Å². The molecule has 2 aromatic heterocycles. The van der Waals surface area contributed by atoms with Crippen molar-refractivity contribution in [2.75, 3.05) is 0 Å². The summed E-state index contributed by atoms with van der Waals surface area (Å²) in [5, 5.41) is 2.32. The number of pyridine rings is 2. The Morgan fingerprint density at radius 1 is 1.12 bits per heavy atom. The summed E-state index contributed by atoms with van der Waals surface area (Å²) in [6.45, 7) is 0.273. The van der Waals surface area contributed by atoms with Gasteiger partial charge >= 0.3 is 0 Å². The van der Waals surface area contributed by atoms with E-state index in [2.05, 4.69) is 15.3 Å². The van der Waals surface area contributed by atoms with Crippen LogP contribution in [0.4, 0.5) is 0 Å². The third-order valence-electron chi connectivity index (χ3n) is 6.21. The van der Waals surface area contributed by atoms with Gasteiger partial charge < -0.3 is 10.6 Å². The molecule has 3 N–H and O–H groups in total. The highest BCUT2D eigenvalue weighted by atomic mass is 16.2. The van der Waals surface area contributed by atoms with Crippen LogP contribution in [0.25, 0.3) is 11.1 Å². The lowest BCUT2D eigenvalue weighted by molar-refractivity contribution is -0.136. The molecular weight excluding hydrogens is 434 g/mol. The van der Waals surface area contributed by atoms with E-state index in [1.54, 1.807) is 36.7 Å². The Balaban J connectivity index is 1.46. The lowest BCUT2D eigenvalue weighted by Crippen LogP contribution is -2.52. The molecule has 2 aliphatic heterocycles. The molecule has 0 saturated carbocycles. The normalized spacial score (nSPS) is 17.5. The summed E-state index contributed by atoms with van der Waals surface area (Å²) in [4.78, 5) is 58.7. The number of rotatable bonds is 5. The number of carbonyl (C=O) groups excluding carboxylic acids is 4. The molecule has 170 valence electrons. The molecule has 1 saturated heterocycles. The van der Waals surface area contributed by atoms with Crippen molar-refractivity contribution in [1.29, 1.82) is 0 Å². The maximum Gasteiger partial charge on any atom is 0.267 e. The summed E-state index contributed by atoms with van der Waals surface area (Å²) >= 11 is 0. The summed E-state index contributed by atoms with van der Waals surface area (Å²) in [6, 6.07) is 10.3. The first kappa shape index (κ1) is 21.4. The summed E-state index contributed by atoms with van der Waals surface area (Å²) in [6.07, 6.45) is 5.89. The number of piperidine rings is 1. The molecular formula is C25H21N5O4. The van der Waals surface area contributed by atoms with Gasteiger partial charge in [0.25, 0.3) is 11.8 Å². The molecule has 2 aliphatic rings. The summed E-state index contributed by atoms with van der Waals surface area (Å²) in [7, 11) is 0. The lowest BCUT2D eigenvalue weighted by atomic mass is 9.96. The Morgan fingerprint density at radius 2 is 1.94 bits per heavy atom. The molecule has 4 heterocycles. The number of benzene rings is 1. The molecule has 5 rings (SSSR count). The van der Waals surface area contributed by atoms with Crippen LogP contribution in [0.1, 0.15) is 50.4 Å². The number of fused-ring (bicyclic) bond motifs is 1. The van der Waals surface area contributed by atoms with E-state index < -0.39 is 17.9 Å². The first-order chi connectivity index (χ1) is 16.4. The van der Waals surface area contributed by atoms with Crippen LogP contribution in [0.3, 0.4) is 0 Å². The van der Waals surface area contributed by atoms with Crippen LogP contribution < -0.4 is 11.1 Å². The molecule has 0 bridgehead atoms. The van der Waals surface area contributed by atoms with E-state index in [4.69, 9.17) is 5.73 Å². The number of aromatic nitrogens is 2. The number of nitrogens with two attached hydrogens (primary N) is 1. The zero-order valence-electron chi connectivity index (χ0n) is 18.2.